The Kier molecular flexibility index (Phi) is 6.82. The molecule has 6 heteroatoms. The SMILES string of the molecule is CC(=NNC(=O)c1ccccc1Cl)c1cccc(NC(=O)C2CCCCC2)c1. The van der Waals surface area contributed by atoms with E-state index in [1.54, 1.807) is 31.2 Å². The molecule has 0 radical (unpaired) electrons. The highest BCUT2D eigenvalue weighted by Gasteiger charge is 2.21. The summed E-state index contributed by atoms with van der Waals surface area (Å²) in [6.45, 7) is 1.80. The molecule has 2 amide bonds. The number of halogens is 1. The predicted molar refractivity (Wildman–Crippen MR) is 113 cm³/mol. The number of hydrogen-bond acceptors (Lipinski definition) is 3. The van der Waals surface area contributed by atoms with E-state index in [-0.39, 0.29) is 17.7 Å². The first kappa shape index (κ1) is 20.1. The van der Waals surface area contributed by atoms with Crippen molar-refractivity contribution in [3.63, 3.8) is 0 Å². The van der Waals surface area contributed by atoms with Gasteiger partial charge in [-0.05, 0) is 49.6 Å². The lowest BCUT2D eigenvalue weighted by molar-refractivity contribution is -0.120. The number of nitrogens with zero attached hydrogens (tertiary/aromatic N) is 1. The Morgan fingerprint density at radius 2 is 1.79 bits per heavy atom. The molecule has 0 saturated heterocycles. The molecule has 0 aliphatic heterocycles. The maximum absolute atomic E-state index is 12.4. The Hall–Kier alpha value is -2.66. The van der Waals surface area contributed by atoms with E-state index in [4.69, 9.17) is 11.6 Å². The van der Waals surface area contributed by atoms with Crippen molar-refractivity contribution in [3.8, 4) is 0 Å². The Labute approximate surface area is 170 Å². The molecule has 0 unspecified atom stereocenters. The summed E-state index contributed by atoms with van der Waals surface area (Å²) in [6, 6.07) is 14.3. The third-order valence-electron chi connectivity index (χ3n) is 4.97. The summed E-state index contributed by atoms with van der Waals surface area (Å²) in [5, 5.41) is 7.55. The smallest absolute Gasteiger partial charge is 0.272 e. The summed E-state index contributed by atoms with van der Waals surface area (Å²) < 4.78 is 0. The molecule has 1 saturated carbocycles. The van der Waals surface area contributed by atoms with Gasteiger partial charge in [-0.25, -0.2) is 5.43 Å². The van der Waals surface area contributed by atoms with Crippen LogP contribution in [0.4, 0.5) is 5.69 Å². The minimum Gasteiger partial charge on any atom is -0.326 e. The number of rotatable bonds is 5. The van der Waals surface area contributed by atoms with Gasteiger partial charge in [0.2, 0.25) is 5.91 Å². The molecule has 3 rings (SSSR count). The van der Waals surface area contributed by atoms with E-state index in [0.29, 0.717) is 16.3 Å². The van der Waals surface area contributed by atoms with Crippen LogP contribution in [0.25, 0.3) is 0 Å². The largest absolute Gasteiger partial charge is 0.326 e. The third-order valence-corrected chi connectivity index (χ3v) is 5.30. The van der Waals surface area contributed by atoms with E-state index in [1.807, 2.05) is 24.3 Å². The highest BCUT2D eigenvalue weighted by molar-refractivity contribution is 6.33. The molecule has 5 nitrogen and oxygen atoms in total. The summed E-state index contributed by atoms with van der Waals surface area (Å²) in [4.78, 5) is 24.7. The molecule has 0 spiro atoms. The van der Waals surface area contributed by atoms with Gasteiger partial charge < -0.3 is 5.32 Å². The Bertz CT molecular complexity index is 889. The average molecular weight is 398 g/mol. The molecule has 2 aromatic carbocycles. The minimum absolute atomic E-state index is 0.0819. The van der Waals surface area contributed by atoms with Crippen LogP contribution >= 0.6 is 11.6 Å². The van der Waals surface area contributed by atoms with Crippen LogP contribution in [-0.4, -0.2) is 17.5 Å². The van der Waals surface area contributed by atoms with Gasteiger partial charge in [-0.3, -0.25) is 9.59 Å². The van der Waals surface area contributed by atoms with Crippen molar-refractivity contribution in [2.75, 3.05) is 5.32 Å². The van der Waals surface area contributed by atoms with Gasteiger partial charge in [0.1, 0.15) is 0 Å². The minimum atomic E-state index is -0.369. The molecule has 28 heavy (non-hydrogen) atoms. The third kappa shape index (κ3) is 5.20. The monoisotopic (exact) mass is 397 g/mol. The molecule has 2 N–H and O–H groups in total. The highest BCUT2D eigenvalue weighted by atomic mass is 35.5. The molecule has 0 aromatic heterocycles. The average Bonchev–Trinajstić information content (AvgIpc) is 2.73. The van der Waals surface area contributed by atoms with Crippen LogP contribution in [0.15, 0.2) is 53.6 Å². The fourth-order valence-corrected chi connectivity index (χ4v) is 3.56. The van der Waals surface area contributed by atoms with Gasteiger partial charge in [-0.2, -0.15) is 5.10 Å². The maximum atomic E-state index is 12.4. The van der Waals surface area contributed by atoms with Crippen molar-refractivity contribution in [2.24, 2.45) is 11.0 Å². The van der Waals surface area contributed by atoms with Crippen LogP contribution in [0.3, 0.4) is 0 Å². The zero-order chi connectivity index (χ0) is 19.9. The van der Waals surface area contributed by atoms with Crippen LogP contribution in [0.2, 0.25) is 5.02 Å². The second-order valence-electron chi connectivity index (χ2n) is 7.02. The summed E-state index contributed by atoms with van der Waals surface area (Å²) in [5.74, 6) is -0.188. The van der Waals surface area contributed by atoms with Crippen molar-refractivity contribution < 1.29 is 9.59 Å². The number of hydrogen-bond donors (Lipinski definition) is 2. The number of amides is 2. The number of hydrazone groups is 1. The van der Waals surface area contributed by atoms with Gasteiger partial charge in [0.15, 0.2) is 0 Å². The normalized spacial score (nSPS) is 15.1. The molecule has 0 bridgehead atoms. The molecule has 2 aromatic rings. The Morgan fingerprint density at radius 1 is 1.04 bits per heavy atom. The summed E-state index contributed by atoms with van der Waals surface area (Å²) >= 11 is 6.04. The molecule has 1 aliphatic rings. The summed E-state index contributed by atoms with van der Waals surface area (Å²) in [7, 11) is 0. The number of carbonyl (C=O) groups excluding carboxylic acids is 2. The van der Waals surface area contributed by atoms with Gasteiger partial charge in [0.05, 0.1) is 16.3 Å². The first-order chi connectivity index (χ1) is 13.5. The van der Waals surface area contributed by atoms with Crippen LogP contribution < -0.4 is 10.7 Å². The Morgan fingerprint density at radius 3 is 2.54 bits per heavy atom. The lowest BCUT2D eigenvalue weighted by atomic mass is 9.88. The van der Waals surface area contributed by atoms with Crippen molar-refractivity contribution in [1.82, 2.24) is 5.43 Å². The van der Waals surface area contributed by atoms with Crippen LogP contribution in [0.1, 0.15) is 54.9 Å². The summed E-state index contributed by atoms with van der Waals surface area (Å²) in [6.07, 6.45) is 5.37. The molecule has 0 atom stereocenters. The van der Waals surface area contributed by atoms with Crippen molar-refractivity contribution in [1.29, 1.82) is 0 Å². The van der Waals surface area contributed by atoms with Crippen molar-refractivity contribution in [3.05, 3.63) is 64.7 Å². The lowest BCUT2D eigenvalue weighted by Crippen LogP contribution is -2.24. The molecule has 146 valence electrons. The van der Waals surface area contributed by atoms with E-state index in [1.165, 1.54) is 6.42 Å². The second-order valence-corrected chi connectivity index (χ2v) is 7.43. The van der Waals surface area contributed by atoms with E-state index < -0.39 is 0 Å². The fourth-order valence-electron chi connectivity index (χ4n) is 3.34. The molecule has 0 heterocycles. The zero-order valence-corrected chi connectivity index (χ0v) is 16.6. The fraction of sp³-hybridized carbons (Fsp3) is 0.318. The number of carbonyl (C=O) groups is 2. The molecule has 1 aliphatic carbocycles. The number of nitrogens with one attached hydrogen (secondary N) is 2. The van der Waals surface area contributed by atoms with E-state index in [2.05, 4.69) is 15.8 Å². The molecular weight excluding hydrogens is 374 g/mol. The lowest BCUT2D eigenvalue weighted by Gasteiger charge is -2.20. The van der Waals surface area contributed by atoms with Crippen molar-refractivity contribution in [2.45, 2.75) is 39.0 Å². The van der Waals surface area contributed by atoms with Gasteiger partial charge in [0, 0.05) is 11.6 Å². The predicted octanol–water partition coefficient (Wildman–Crippen LogP) is 5.01. The molecular formula is C22H24ClN3O2. The summed E-state index contributed by atoms with van der Waals surface area (Å²) in [5.41, 5.74) is 5.09. The van der Waals surface area contributed by atoms with Crippen LogP contribution in [-0.2, 0) is 4.79 Å². The van der Waals surface area contributed by atoms with Crippen LogP contribution in [0.5, 0.6) is 0 Å². The quantitative estimate of drug-likeness (QED) is 0.549. The zero-order valence-electron chi connectivity index (χ0n) is 15.9. The first-order valence-electron chi connectivity index (χ1n) is 9.55. The first-order valence-corrected chi connectivity index (χ1v) is 9.93. The number of benzene rings is 2. The van der Waals surface area contributed by atoms with Crippen molar-refractivity contribution >= 4 is 34.8 Å². The van der Waals surface area contributed by atoms with Crippen LogP contribution in [0, 0.1) is 5.92 Å². The molecule has 1 fully saturated rings. The van der Waals surface area contributed by atoms with Gasteiger partial charge in [-0.15, -0.1) is 0 Å². The highest BCUT2D eigenvalue weighted by Crippen LogP contribution is 2.25. The van der Waals surface area contributed by atoms with Gasteiger partial charge in [0.25, 0.3) is 5.91 Å². The van der Waals surface area contributed by atoms with E-state index in [0.717, 1.165) is 36.9 Å². The van der Waals surface area contributed by atoms with E-state index >= 15 is 0 Å². The van der Waals surface area contributed by atoms with Gasteiger partial charge in [-0.1, -0.05) is 55.1 Å². The van der Waals surface area contributed by atoms with E-state index in [9.17, 15) is 9.59 Å². The standard InChI is InChI=1S/C22H24ClN3O2/c1-15(25-26-22(28)19-12-5-6-13-20(19)23)17-10-7-11-18(14-17)24-21(27)16-8-3-2-4-9-16/h5-7,10-14,16H,2-4,8-9H2,1H3,(H,24,27)(H,26,28). The van der Waals surface area contributed by atoms with Gasteiger partial charge >= 0.3 is 0 Å². The number of anilines is 1. The topological polar surface area (TPSA) is 70.6 Å². The maximum Gasteiger partial charge on any atom is 0.272 e. The Balaban J connectivity index is 1.65. The second kappa shape index (κ2) is 9.51.